The molecule has 1 rings (SSSR count). The van der Waals surface area contributed by atoms with Crippen molar-refractivity contribution in [2.24, 2.45) is 0 Å². The van der Waals surface area contributed by atoms with Crippen molar-refractivity contribution in [1.29, 1.82) is 0 Å². The van der Waals surface area contributed by atoms with Crippen LogP contribution in [0.2, 0.25) is 0 Å². The molecule has 0 fully saturated rings. The summed E-state index contributed by atoms with van der Waals surface area (Å²) >= 11 is 0. The van der Waals surface area contributed by atoms with Crippen LogP contribution < -0.4 is 0 Å². The molecular formula is C8H5F3O3. The average Bonchev–Trinajstić information content (AvgIpc) is 2.07. The van der Waals surface area contributed by atoms with Crippen LogP contribution >= 0.6 is 0 Å². The van der Waals surface area contributed by atoms with Crippen molar-refractivity contribution in [1.82, 2.24) is 0 Å². The normalized spacial score (nSPS) is 10.6. The summed E-state index contributed by atoms with van der Waals surface area (Å²) in [7, 11) is 0. The van der Waals surface area contributed by atoms with Gasteiger partial charge >= 0.3 is 5.97 Å². The van der Waals surface area contributed by atoms with Crippen molar-refractivity contribution in [3.63, 3.8) is 0 Å². The lowest BCUT2D eigenvalue weighted by atomic mass is 10.1. The topological polar surface area (TPSA) is 57.5 Å². The van der Waals surface area contributed by atoms with E-state index < -0.39 is 35.1 Å². The van der Waals surface area contributed by atoms with E-state index in [0.29, 0.717) is 12.1 Å². The van der Waals surface area contributed by atoms with Crippen LogP contribution in [0.3, 0.4) is 0 Å². The first-order chi connectivity index (χ1) is 6.43. The predicted molar refractivity (Wildman–Crippen MR) is 40.0 cm³/mol. The van der Waals surface area contributed by atoms with E-state index >= 15 is 0 Å². The van der Waals surface area contributed by atoms with Crippen molar-refractivity contribution in [3.05, 3.63) is 29.1 Å². The number of carboxylic acid groups (broad SMARTS) is 1. The third-order valence-electron chi connectivity index (χ3n) is 1.57. The molecule has 1 aromatic rings. The van der Waals surface area contributed by atoms with Crippen molar-refractivity contribution < 1.29 is 28.2 Å². The van der Waals surface area contributed by atoms with E-state index in [-0.39, 0.29) is 0 Å². The standard InChI is InChI=1S/C8H5F3O3/c9-3-1-4(7(10)11)6(12)5(2-3)8(13)14/h1-2,7,12H,(H,13,14). The third kappa shape index (κ3) is 1.78. The minimum Gasteiger partial charge on any atom is -0.507 e. The number of carboxylic acids is 1. The number of aromatic carboxylic acids is 1. The highest BCUT2D eigenvalue weighted by Gasteiger charge is 2.21. The Morgan fingerprint density at radius 2 is 1.93 bits per heavy atom. The van der Waals surface area contributed by atoms with Crippen LogP contribution in [0.1, 0.15) is 22.3 Å². The Morgan fingerprint density at radius 3 is 2.36 bits per heavy atom. The molecule has 0 aliphatic carbocycles. The van der Waals surface area contributed by atoms with Crippen LogP contribution in [0.4, 0.5) is 13.2 Å². The highest BCUT2D eigenvalue weighted by Crippen LogP contribution is 2.31. The van der Waals surface area contributed by atoms with Gasteiger partial charge in [0, 0.05) is 0 Å². The summed E-state index contributed by atoms with van der Waals surface area (Å²) in [5.41, 5.74) is -1.90. The molecule has 0 heterocycles. The van der Waals surface area contributed by atoms with Gasteiger partial charge in [-0.05, 0) is 12.1 Å². The summed E-state index contributed by atoms with van der Waals surface area (Å²) in [5.74, 6) is -3.90. The molecule has 0 aliphatic rings. The van der Waals surface area contributed by atoms with Crippen molar-refractivity contribution in [2.75, 3.05) is 0 Å². The maximum atomic E-state index is 12.6. The first kappa shape index (κ1) is 10.4. The Balaban J connectivity index is 3.40. The Kier molecular flexibility index (Phi) is 2.64. The number of halogens is 3. The summed E-state index contributed by atoms with van der Waals surface area (Å²) in [5, 5.41) is 17.5. The zero-order chi connectivity index (χ0) is 10.9. The quantitative estimate of drug-likeness (QED) is 0.779. The molecule has 0 atom stereocenters. The number of hydrogen-bond acceptors (Lipinski definition) is 2. The predicted octanol–water partition coefficient (Wildman–Crippen LogP) is 2.17. The van der Waals surface area contributed by atoms with Gasteiger partial charge in [-0.1, -0.05) is 0 Å². The van der Waals surface area contributed by atoms with Crippen LogP contribution in [0.25, 0.3) is 0 Å². The average molecular weight is 206 g/mol. The van der Waals surface area contributed by atoms with E-state index in [1.54, 1.807) is 0 Å². The van der Waals surface area contributed by atoms with Crippen LogP contribution in [0.15, 0.2) is 12.1 Å². The molecule has 0 aliphatic heterocycles. The van der Waals surface area contributed by atoms with E-state index in [0.717, 1.165) is 0 Å². The van der Waals surface area contributed by atoms with Gasteiger partial charge < -0.3 is 10.2 Å². The minimum absolute atomic E-state index is 0.395. The number of aromatic hydroxyl groups is 1. The summed E-state index contributed by atoms with van der Waals surface area (Å²) in [6, 6.07) is 0.871. The van der Waals surface area contributed by atoms with Crippen LogP contribution in [0, 0.1) is 5.82 Å². The molecule has 0 saturated heterocycles. The van der Waals surface area contributed by atoms with Crippen LogP contribution in [-0.2, 0) is 0 Å². The second-order valence-corrected chi connectivity index (χ2v) is 2.50. The molecular weight excluding hydrogens is 201 g/mol. The molecule has 0 spiro atoms. The number of alkyl halides is 2. The number of rotatable bonds is 2. The molecule has 0 unspecified atom stereocenters. The van der Waals surface area contributed by atoms with Gasteiger partial charge in [-0.2, -0.15) is 0 Å². The molecule has 6 heteroatoms. The Labute approximate surface area is 76.4 Å². The minimum atomic E-state index is -3.12. The maximum absolute atomic E-state index is 12.6. The Bertz CT molecular complexity index is 376. The van der Waals surface area contributed by atoms with Gasteiger partial charge in [0.2, 0.25) is 0 Å². The molecule has 0 radical (unpaired) electrons. The van der Waals surface area contributed by atoms with Crippen molar-refractivity contribution in [2.45, 2.75) is 6.43 Å². The zero-order valence-electron chi connectivity index (χ0n) is 6.67. The van der Waals surface area contributed by atoms with E-state index in [9.17, 15) is 18.0 Å². The van der Waals surface area contributed by atoms with Gasteiger partial charge in [-0.25, -0.2) is 18.0 Å². The fourth-order valence-corrected chi connectivity index (χ4v) is 0.950. The number of carbonyl (C=O) groups is 1. The van der Waals surface area contributed by atoms with Gasteiger partial charge in [-0.3, -0.25) is 0 Å². The fourth-order valence-electron chi connectivity index (χ4n) is 0.950. The molecule has 76 valence electrons. The Morgan fingerprint density at radius 1 is 1.36 bits per heavy atom. The smallest absolute Gasteiger partial charge is 0.339 e. The van der Waals surface area contributed by atoms with Gasteiger partial charge in [-0.15, -0.1) is 0 Å². The SMILES string of the molecule is O=C(O)c1cc(F)cc(C(F)F)c1O. The lowest BCUT2D eigenvalue weighted by Crippen LogP contribution is -2.01. The second-order valence-electron chi connectivity index (χ2n) is 2.50. The van der Waals surface area contributed by atoms with E-state index in [4.69, 9.17) is 10.2 Å². The van der Waals surface area contributed by atoms with Crippen molar-refractivity contribution >= 4 is 5.97 Å². The van der Waals surface area contributed by atoms with E-state index in [2.05, 4.69) is 0 Å². The number of hydrogen-bond donors (Lipinski definition) is 2. The lowest BCUT2D eigenvalue weighted by molar-refractivity contribution is 0.0692. The monoisotopic (exact) mass is 206 g/mol. The number of phenols is 1. The molecule has 0 bridgehead atoms. The molecule has 2 N–H and O–H groups in total. The van der Waals surface area contributed by atoms with Crippen molar-refractivity contribution in [3.8, 4) is 5.75 Å². The summed E-state index contributed by atoms with van der Waals surface area (Å²) < 4.78 is 36.9. The summed E-state index contributed by atoms with van der Waals surface area (Å²) in [6.07, 6.45) is -3.12. The van der Waals surface area contributed by atoms with Crippen LogP contribution in [0.5, 0.6) is 5.75 Å². The molecule has 3 nitrogen and oxygen atoms in total. The zero-order valence-corrected chi connectivity index (χ0v) is 6.67. The Hall–Kier alpha value is -1.72. The highest BCUT2D eigenvalue weighted by molar-refractivity contribution is 5.91. The van der Waals surface area contributed by atoms with Gasteiger partial charge in [0.05, 0.1) is 5.56 Å². The largest absolute Gasteiger partial charge is 0.507 e. The van der Waals surface area contributed by atoms with Crippen LogP contribution in [-0.4, -0.2) is 16.2 Å². The van der Waals surface area contributed by atoms with E-state index in [1.165, 1.54) is 0 Å². The number of benzene rings is 1. The van der Waals surface area contributed by atoms with Gasteiger partial charge in [0.25, 0.3) is 6.43 Å². The summed E-state index contributed by atoms with van der Waals surface area (Å²) in [4.78, 5) is 10.4. The van der Waals surface area contributed by atoms with Gasteiger partial charge in [0.1, 0.15) is 17.1 Å². The van der Waals surface area contributed by atoms with Gasteiger partial charge in [0.15, 0.2) is 0 Å². The lowest BCUT2D eigenvalue weighted by Gasteiger charge is -2.06. The molecule has 0 amide bonds. The fraction of sp³-hybridized carbons (Fsp3) is 0.125. The molecule has 1 aromatic carbocycles. The molecule has 0 aromatic heterocycles. The van der Waals surface area contributed by atoms with E-state index in [1.807, 2.05) is 0 Å². The first-order valence-electron chi connectivity index (χ1n) is 3.47. The maximum Gasteiger partial charge on any atom is 0.339 e. The third-order valence-corrected chi connectivity index (χ3v) is 1.57. The summed E-state index contributed by atoms with van der Waals surface area (Å²) in [6.45, 7) is 0. The second kappa shape index (κ2) is 3.57. The molecule has 0 saturated carbocycles. The molecule has 14 heavy (non-hydrogen) atoms. The highest BCUT2D eigenvalue weighted by atomic mass is 19.3. The first-order valence-corrected chi connectivity index (χ1v) is 3.47.